The molecule has 0 radical (unpaired) electrons. The monoisotopic (exact) mass is 334 g/mol. The van der Waals surface area contributed by atoms with Gasteiger partial charge in [0.05, 0.1) is 12.8 Å². The highest BCUT2D eigenvalue weighted by Gasteiger charge is 2.25. The summed E-state index contributed by atoms with van der Waals surface area (Å²) in [6.45, 7) is 3.21. The maximum Gasteiger partial charge on any atom is 0.245 e. The van der Waals surface area contributed by atoms with Crippen LogP contribution in [0.15, 0.2) is 29.6 Å². The Kier molecular flexibility index (Phi) is 4.52. The molecule has 1 N–H and O–H groups in total. The van der Waals surface area contributed by atoms with Crippen LogP contribution in [0.4, 0.5) is 10.1 Å². The lowest BCUT2D eigenvalue weighted by Crippen LogP contribution is -2.43. The third kappa shape index (κ3) is 3.32. The van der Waals surface area contributed by atoms with Gasteiger partial charge in [0.15, 0.2) is 0 Å². The lowest BCUT2D eigenvalue weighted by molar-refractivity contribution is -0.132. The molecule has 1 amide bonds. The number of benzene rings is 1. The lowest BCUT2D eigenvalue weighted by atomic mass is 10.1. The van der Waals surface area contributed by atoms with Gasteiger partial charge < -0.3 is 15.0 Å². The Morgan fingerprint density at radius 2 is 2.26 bits per heavy atom. The van der Waals surface area contributed by atoms with Crippen LogP contribution < -0.4 is 10.1 Å². The van der Waals surface area contributed by atoms with Crippen molar-refractivity contribution in [1.29, 1.82) is 0 Å². The number of thiophene rings is 1. The van der Waals surface area contributed by atoms with Gasteiger partial charge in [-0.2, -0.15) is 0 Å². The first kappa shape index (κ1) is 15.8. The second-order valence-corrected chi connectivity index (χ2v) is 6.59. The average Bonchev–Trinajstić information content (AvgIpc) is 3.03. The van der Waals surface area contributed by atoms with Crippen LogP contribution >= 0.6 is 11.3 Å². The van der Waals surface area contributed by atoms with Gasteiger partial charge in [-0.05, 0) is 42.5 Å². The third-order valence-electron chi connectivity index (χ3n) is 4.03. The fourth-order valence-corrected chi connectivity index (χ4v) is 3.68. The summed E-state index contributed by atoms with van der Waals surface area (Å²) >= 11 is 1.75. The molecule has 2 heterocycles. The summed E-state index contributed by atoms with van der Waals surface area (Å²) < 4.78 is 18.4. The van der Waals surface area contributed by atoms with Crippen molar-refractivity contribution >= 4 is 22.9 Å². The minimum Gasteiger partial charge on any atom is -0.494 e. The molecule has 1 aliphatic heterocycles. The van der Waals surface area contributed by atoms with Crippen LogP contribution in [0.3, 0.4) is 0 Å². The molecule has 6 heteroatoms. The molecule has 23 heavy (non-hydrogen) atoms. The van der Waals surface area contributed by atoms with Crippen LogP contribution in [0, 0.1) is 5.82 Å². The Morgan fingerprint density at radius 1 is 1.43 bits per heavy atom. The highest BCUT2D eigenvalue weighted by molar-refractivity contribution is 7.10. The zero-order valence-corrected chi connectivity index (χ0v) is 14.0. The average molecular weight is 334 g/mol. The van der Waals surface area contributed by atoms with E-state index in [1.165, 1.54) is 29.7 Å². The van der Waals surface area contributed by atoms with Crippen LogP contribution in [0.25, 0.3) is 0 Å². The molecule has 3 rings (SSSR count). The van der Waals surface area contributed by atoms with Crippen molar-refractivity contribution < 1.29 is 13.9 Å². The second kappa shape index (κ2) is 6.58. The zero-order chi connectivity index (χ0) is 16.4. The summed E-state index contributed by atoms with van der Waals surface area (Å²) in [6.07, 6.45) is 0.908. The van der Waals surface area contributed by atoms with Gasteiger partial charge in [-0.3, -0.25) is 4.79 Å². The van der Waals surface area contributed by atoms with Gasteiger partial charge in [-0.1, -0.05) is 0 Å². The van der Waals surface area contributed by atoms with Crippen molar-refractivity contribution in [3.8, 4) is 5.75 Å². The van der Waals surface area contributed by atoms with Gasteiger partial charge in [0.1, 0.15) is 17.6 Å². The minimum absolute atomic E-state index is 0.0354. The second-order valence-electron chi connectivity index (χ2n) is 5.59. The maximum atomic E-state index is 13.2. The van der Waals surface area contributed by atoms with Crippen molar-refractivity contribution in [2.75, 3.05) is 19.0 Å². The standard InChI is InChI=1S/C17H19FN2O2S/c1-11(19-14-4-3-13(18)9-15(14)22-2)17(21)20-7-5-16-12(10-20)6-8-23-16/h3-4,6,8-9,11,19H,5,7,10H2,1-2H3. The Labute approximate surface area is 138 Å². The number of rotatable bonds is 4. The predicted molar refractivity (Wildman–Crippen MR) is 89.5 cm³/mol. The number of hydrogen-bond acceptors (Lipinski definition) is 4. The Hall–Kier alpha value is -2.08. The number of nitrogens with zero attached hydrogens (tertiary/aromatic N) is 1. The van der Waals surface area contributed by atoms with Gasteiger partial charge in [0.25, 0.3) is 0 Å². The smallest absolute Gasteiger partial charge is 0.245 e. The third-order valence-corrected chi connectivity index (χ3v) is 5.05. The minimum atomic E-state index is -0.408. The van der Waals surface area contributed by atoms with Crippen molar-refractivity contribution in [2.45, 2.75) is 25.9 Å². The molecule has 1 unspecified atom stereocenters. The summed E-state index contributed by atoms with van der Waals surface area (Å²) in [7, 11) is 1.48. The zero-order valence-electron chi connectivity index (χ0n) is 13.1. The quantitative estimate of drug-likeness (QED) is 0.933. The molecule has 0 bridgehead atoms. The molecule has 0 saturated carbocycles. The summed E-state index contributed by atoms with van der Waals surface area (Å²) in [5.74, 6) is 0.0593. The van der Waals surface area contributed by atoms with E-state index in [1.807, 2.05) is 11.8 Å². The van der Waals surface area contributed by atoms with E-state index in [4.69, 9.17) is 4.74 Å². The van der Waals surface area contributed by atoms with Crippen LogP contribution in [0.1, 0.15) is 17.4 Å². The van der Waals surface area contributed by atoms with Gasteiger partial charge in [-0.25, -0.2) is 4.39 Å². The molecule has 4 nitrogen and oxygen atoms in total. The van der Waals surface area contributed by atoms with E-state index in [-0.39, 0.29) is 11.7 Å². The van der Waals surface area contributed by atoms with Gasteiger partial charge in [0.2, 0.25) is 5.91 Å². The molecule has 2 aromatic rings. The molecule has 0 fully saturated rings. The summed E-state index contributed by atoms with van der Waals surface area (Å²) in [6, 6.07) is 5.92. The maximum absolute atomic E-state index is 13.2. The summed E-state index contributed by atoms with van der Waals surface area (Å²) in [4.78, 5) is 15.9. The number of amides is 1. The Bertz CT molecular complexity index is 716. The van der Waals surface area contributed by atoms with E-state index in [9.17, 15) is 9.18 Å². The lowest BCUT2D eigenvalue weighted by Gasteiger charge is -2.30. The summed E-state index contributed by atoms with van der Waals surface area (Å²) in [5.41, 5.74) is 1.85. The normalized spacial score (nSPS) is 15.0. The number of halogens is 1. The van der Waals surface area contributed by atoms with Crippen LogP contribution in [-0.2, 0) is 17.8 Å². The van der Waals surface area contributed by atoms with E-state index in [1.54, 1.807) is 17.4 Å². The highest BCUT2D eigenvalue weighted by atomic mass is 32.1. The van der Waals surface area contributed by atoms with Gasteiger partial charge >= 0.3 is 0 Å². The number of carbonyl (C=O) groups excluding carboxylic acids is 1. The molecule has 1 aromatic heterocycles. The molecular weight excluding hydrogens is 315 g/mol. The SMILES string of the molecule is COc1cc(F)ccc1NC(C)C(=O)N1CCc2sccc2C1. The number of ether oxygens (including phenoxy) is 1. The molecule has 0 aliphatic carbocycles. The number of fused-ring (bicyclic) bond motifs is 1. The number of anilines is 1. The van der Waals surface area contributed by atoms with Crippen LogP contribution in [0.2, 0.25) is 0 Å². The van der Waals surface area contributed by atoms with Crippen LogP contribution in [0.5, 0.6) is 5.75 Å². The first-order valence-electron chi connectivity index (χ1n) is 7.52. The van der Waals surface area contributed by atoms with E-state index in [0.717, 1.165) is 13.0 Å². The number of methoxy groups -OCH3 is 1. The molecular formula is C17H19FN2O2S. The fourth-order valence-electron chi connectivity index (χ4n) is 2.79. The van der Waals surface area contributed by atoms with Gasteiger partial charge in [0, 0.05) is 24.0 Å². The Morgan fingerprint density at radius 3 is 3.04 bits per heavy atom. The molecule has 1 aromatic carbocycles. The fraction of sp³-hybridized carbons (Fsp3) is 0.353. The molecule has 1 aliphatic rings. The first-order valence-corrected chi connectivity index (χ1v) is 8.40. The topological polar surface area (TPSA) is 41.6 Å². The molecule has 0 saturated heterocycles. The molecule has 122 valence electrons. The molecule has 0 spiro atoms. The van der Waals surface area contributed by atoms with Crippen molar-refractivity contribution in [3.63, 3.8) is 0 Å². The van der Waals surface area contributed by atoms with Crippen LogP contribution in [-0.4, -0.2) is 30.5 Å². The van der Waals surface area contributed by atoms with Crippen molar-refractivity contribution in [2.24, 2.45) is 0 Å². The van der Waals surface area contributed by atoms with E-state index < -0.39 is 6.04 Å². The van der Waals surface area contributed by atoms with E-state index in [2.05, 4.69) is 16.8 Å². The number of nitrogens with one attached hydrogen (secondary N) is 1. The summed E-state index contributed by atoms with van der Waals surface area (Å²) in [5, 5.41) is 5.20. The highest BCUT2D eigenvalue weighted by Crippen LogP contribution is 2.27. The van der Waals surface area contributed by atoms with E-state index >= 15 is 0 Å². The van der Waals surface area contributed by atoms with E-state index in [0.29, 0.717) is 18.0 Å². The first-order chi connectivity index (χ1) is 11.1. The molecule has 1 atom stereocenters. The van der Waals surface area contributed by atoms with Gasteiger partial charge in [-0.15, -0.1) is 11.3 Å². The number of carbonyl (C=O) groups is 1. The number of hydrogen-bond donors (Lipinski definition) is 1. The largest absolute Gasteiger partial charge is 0.494 e. The Balaban J connectivity index is 1.69. The predicted octanol–water partition coefficient (Wildman–Crippen LogP) is 3.28. The van der Waals surface area contributed by atoms with Crippen molar-refractivity contribution in [1.82, 2.24) is 4.90 Å². The van der Waals surface area contributed by atoms with Crippen molar-refractivity contribution in [3.05, 3.63) is 45.9 Å².